The lowest BCUT2D eigenvalue weighted by Crippen LogP contribution is -2.46. The first-order chi connectivity index (χ1) is 13.0. The number of ether oxygens (including phenoxy) is 1. The van der Waals surface area contributed by atoms with Gasteiger partial charge in [-0.3, -0.25) is 9.59 Å². The zero-order chi connectivity index (χ0) is 19.4. The second kappa shape index (κ2) is 8.03. The third kappa shape index (κ3) is 3.80. The Hall–Kier alpha value is -2.49. The number of hydrogen-bond acceptors (Lipinski definition) is 4. The van der Waals surface area contributed by atoms with Gasteiger partial charge in [0, 0.05) is 18.3 Å². The van der Waals surface area contributed by atoms with Gasteiger partial charge in [0.15, 0.2) is 5.78 Å². The van der Waals surface area contributed by atoms with E-state index in [0.29, 0.717) is 31.2 Å². The van der Waals surface area contributed by atoms with E-state index in [0.717, 1.165) is 0 Å². The molecule has 0 bridgehead atoms. The molecule has 0 spiro atoms. The van der Waals surface area contributed by atoms with Crippen LogP contribution >= 0.6 is 0 Å². The number of carbonyl (C=O) groups is 3. The minimum atomic E-state index is -0.764. The Balaban J connectivity index is 1.95. The molecule has 0 N–H and O–H groups in total. The molecule has 2 aliphatic carbocycles. The first-order valence-electron chi connectivity index (χ1n) is 9.61. The van der Waals surface area contributed by atoms with E-state index in [-0.39, 0.29) is 29.8 Å². The molecule has 1 saturated carbocycles. The third-order valence-electron chi connectivity index (χ3n) is 5.92. The molecule has 142 valence electrons. The number of benzene rings is 1. The van der Waals surface area contributed by atoms with Crippen molar-refractivity contribution >= 4 is 17.5 Å². The predicted molar refractivity (Wildman–Crippen MR) is 103 cm³/mol. The smallest absolute Gasteiger partial charge is 0.338 e. The first kappa shape index (κ1) is 19.3. The fourth-order valence-corrected chi connectivity index (χ4v) is 4.42. The van der Waals surface area contributed by atoms with E-state index >= 15 is 0 Å². The highest BCUT2D eigenvalue weighted by Gasteiger charge is 2.52. The molecule has 1 aromatic carbocycles. The highest BCUT2D eigenvalue weighted by Crippen LogP contribution is 2.49. The molecule has 1 aromatic rings. The largest absolute Gasteiger partial charge is 0.458 e. The van der Waals surface area contributed by atoms with Gasteiger partial charge < -0.3 is 4.74 Å². The van der Waals surface area contributed by atoms with Crippen LogP contribution in [0, 0.1) is 17.3 Å². The molecule has 0 amide bonds. The van der Waals surface area contributed by atoms with Crippen molar-refractivity contribution in [2.75, 3.05) is 0 Å². The van der Waals surface area contributed by atoms with Crippen molar-refractivity contribution in [1.82, 2.24) is 0 Å². The summed E-state index contributed by atoms with van der Waals surface area (Å²) >= 11 is 0. The Labute approximate surface area is 160 Å². The summed E-state index contributed by atoms with van der Waals surface area (Å²) in [6, 6.07) is 8.84. The van der Waals surface area contributed by atoms with Crippen LogP contribution in [0.5, 0.6) is 0 Å². The second-order valence-corrected chi connectivity index (χ2v) is 7.63. The number of Topliss-reactive ketones (excluding diaryl/α,β-unsaturated/α-hetero) is 1. The summed E-state index contributed by atoms with van der Waals surface area (Å²) in [6.45, 7) is 5.71. The van der Waals surface area contributed by atoms with Crippen molar-refractivity contribution in [3.63, 3.8) is 0 Å². The minimum absolute atomic E-state index is 0.0164. The fraction of sp³-hybridized carbons (Fsp3) is 0.435. The van der Waals surface area contributed by atoms with Crippen LogP contribution in [0.4, 0.5) is 0 Å². The number of fused-ring (bicyclic) bond motifs is 1. The molecule has 3 rings (SSSR count). The number of carbonyl (C=O) groups excluding carboxylic acids is 3. The van der Waals surface area contributed by atoms with E-state index in [2.05, 4.69) is 6.58 Å². The number of rotatable bonds is 5. The number of hydrogen-bond donors (Lipinski definition) is 0. The normalized spacial score (nSPS) is 30.3. The molecule has 0 aliphatic heterocycles. The molecular weight excluding hydrogens is 340 g/mol. The zero-order valence-corrected chi connectivity index (χ0v) is 15.7. The van der Waals surface area contributed by atoms with E-state index in [9.17, 15) is 14.4 Å². The van der Waals surface area contributed by atoms with Gasteiger partial charge in [-0.25, -0.2) is 4.79 Å². The van der Waals surface area contributed by atoms with Crippen LogP contribution in [0.2, 0.25) is 0 Å². The number of allylic oxidation sites excluding steroid dienone is 3. The number of esters is 1. The molecule has 1 fully saturated rings. The SMILES string of the molecule is C=CCC[C@]12C=CC(=O)C[C@H]1[C@H](OC(=O)c1ccccc1)CC[C@H](C)C2=O. The van der Waals surface area contributed by atoms with Gasteiger partial charge in [0.25, 0.3) is 0 Å². The summed E-state index contributed by atoms with van der Waals surface area (Å²) < 4.78 is 5.87. The molecule has 0 aromatic heterocycles. The standard InChI is InChI=1S/C23H26O4/c1-3-4-13-23-14-12-18(24)15-19(23)20(11-10-16(2)21(23)25)27-22(26)17-8-6-5-7-9-17/h3,5-9,12,14,16,19-20H,1,4,10-11,13,15H2,2H3/t16-,19-,20+,23-/m0/s1. The average molecular weight is 366 g/mol. The van der Waals surface area contributed by atoms with Gasteiger partial charge in [-0.2, -0.15) is 0 Å². The molecule has 0 saturated heterocycles. The minimum Gasteiger partial charge on any atom is -0.458 e. The highest BCUT2D eigenvalue weighted by molar-refractivity contribution is 5.97. The second-order valence-electron chi connectivity index (χ2n) is 7.63. The molecular formula is C23H26O4. The van der Waals surface area contributed by atoms with E-state index in [1.54, 1.807) is 36.4 Å². The zero-order valence-electron chi connectivity index (χ0n) is 15.7. The summed E-state index contributed by atoms with van der Waals surface area (Å²) in [5.41, 5.74) is -0.282. The third-order valence-corrected chi connectivity index (χ3v) is 5.92. The lowest BCUT2D eigenvalue weighted by molar-refractivity contribution is -0.136. The highest BCUT2D eigenvalue weighted by atomic mass is 16.5. The van der Waals surface area contributed by atoms with Crippen molar-refractivity contribution in [2.45, 2.75) is 45.1 Å². The molecule has 0 unspecified atom stereocenters. The Morgan fingerprint density at radius 2 is 2.00 bits per heavy atom. The lowest BCUT2D eigenvalue weighted by Gasteiger charge is -2.41. The monoisotopic (exact) mass is 366 g/mol. The molecule has 4 nitrogen and oxygen atoms in total. The van der Waals surface area contributed by atoms with Crippen molar-refractivity contribution in [3.8, 4) is 0 Å². The molecule has 0 heterocycles. The van der Waals surface area contributed by atoms with E-state index in [1.165, 1.54) is 6.08 Å². The van der Waals surface area contributed by atoms with Gasteiger partial charge in [-0.15, -0.1) is 6.58 Å². The van der Waals surface area contributed by atoms with Crippen LogP contribution in [0.1, 0.15) is 49.4 Å². The van der Waals surface area contributed by atoms with Gasteiger partial charge in [-0.05, 0) is 43.9 Å². The molecule has 4 heteroatoms. The van der Waals surface area contributed by atoms with Crippen LogP contribution in [-0.2, 0) is 14.3 Å². The Kier molecular flexibility index (Phi) is 5.73. The topological polar surface area (TPSA) is 60.4 Å². The Bertz CT molecular complexity index is 764. The Morgan fingerprint density at radius 1 is 1.26 bits per heavy atom. The summed E-state index contributed by atoms with van der Waals surface area (Å²) in [4.78, 5) is 38.1. The first-order valence-corrected chi connectivity index (χ1v) is 9.61. The summed E-state index contributed by atoms with van der Waals surface area (Å²) in [7, 11) is 0. The van der Waals surface area contributed by atoms with Crippen LogP contribution in [0.25, 0.3) is 0 Å². The summed E-state index contributed by atoms with van der Waals surface area (Å²) in [6.07, 6.45) is 7.40. The van der Waals surface area contributed by atoms with E-state index < -0.39 is 17.5 Å². The van der Waals surface area contributed by atoms with Crippen molar-refractivity contribution in [1.29, 1.82) is 0 Å². The fourth-order valence-electron chi connectivity index (χ4n) is 4.42. The van der Waals surface area contributed by atoms with Gasteiger partial charge in [0.2, 0.25) is 0 Å². The molecule has 27 heavy (non-hydrogen) atoms. The van der Waals surface area contributed by atoms with Crippen LogP contribution in [0.3, 0.4) is 0 Å². The summed E-state index contributed by atoms with van der Waals surface area (Å²) in [5.74, 6) is -0.716. The van der Waals surface area contributed by atoms with Crippen molar-refractivity contribution in [2.24, 2.45) is 17.3 Å². The van der Waals surface area contributed by atoms with Crippen molar-refractivity contribution < 1.29 is 19.1 Å². The van der Waals surface area contributed by atoms with Gasteiger partial charge >= 0.3 is 5.97 Å². The van der Waals surface area contributed by atoms with Crippen LogP contribution < -0.4 is 0 Å². The Morgan fingerprint density at radius 3 is 2.70 bits per heavy atom. The quantitative estimate of drug-likeness (QED) is 0.575. The lowest BCUT2D eigenvalue weighted by atomic mass is 9.62. The van der Waals surface area contributed by atoms with Crippen LogP contribution in [0.15, 0.2) is 55.1 Å². The van der Waals surface area contributed by atoms with Crippen LogP contribution in [-0.4, -0.2) is 23.6 Å². The van der Waals surface area contributed by atoms with Crippen molar-refractivity contribution in [3.05, 3.63) is 60.7 Å². The number of ketones is 2. The maximum atomic E-state index is 13.3. The predicted octanol–water partition coefficient (Wildman–Crippen LogP) is 4.31. The van der Waals surface area contributed by atoms with Gasteiger partial charge in [-0.1, -0.05) is 37.3 Å². The summed E-state index contributed by atoms with van der Waals surface area (Å²) in [5, 5.41) is 0. The maximum absolute atomic E-state index is 13.3. The van der Waals surface area contributed by atoms with E-state index in [4.69, 9.17) is 4.74 Å². The van der Waals surface area contributed by atoms with Gasteiger partial charge in [0.05, 0.1) is 11.0 Å². The maximum Gasteiger partial charge on any atom is 0.338 e. The molecule has 2 aliphatic rings. The van der Waals surface area contributed by atoms with E-state index in [1.807, 2.05) is 13.0 Å². The molecule has 0 radical (unpaired) electrons. The molecule has 4 atom stereocenters. The van der Waals surface area contributed by atoms with Gasteiger partial charge in [0.1, 0.15) is 11.9 Å². The average Bonchev–Trinajstić information content (AvgIpc) is 2.78.